The van der Waals surface area contributed by atoms with Crippen molar-refractivity contribution in [2.45, 2.75) is 19.3 Å². The number of para-hydroxylation sites is 1. The Morgan fingerprint density at radius 2 is 2.12 bits per heavy atom. The molecule has 0 saturated carbocycles. The summed E-state index contributed by atoms with van der Waals surface area (Å²) in [6.07, 6.45) is 3.31. The zero-order valence-electron chi connectivity index (χ0n) is 14.7. The third-order valence-electron chi connectivity index (χ3n) is 4.65. The van der Waals surface area contributed by atoms with E-state index in [1.807, 2.05) is 18.2 Å². The summed E-state index contributed by atoms with van der Waals surface area (Å²) >= 11 is 0. The largest absolute Gasteiger partial charge is 0.496 e. The average Bonchev–Trinajstić information content (AvgIpc) is 2.68. The Bertz CT molecular complexity index is 718. The SMILES string of the molecule is CNC(=O)c1ccc(N2CCC[C@@H](Cc3ccccc3OC)C2)nn1. The second-order valence-corrected chi connectivity index (χ2v) is 6.33. The molecule has 6 heteroatoms. The van der Waals surface area contributed by atoms with Crippen LogP contribution in [0.25, 0.3) is 0 Å². The number of piperidine rings is 1. The molecule has 1 saturated heterocycles. The second kappa shape index (κ2) is 7.96. The van der Waals surface area contributed by atoms with E-state index in [0.717, 1.165) is 37.5 Å². The van der Waals surface area contributed by atoms with E-state index in [9.17, 15) is 4.79 Å². The first-order chi connectivity index (χ1) is 12.2. The maximum absolute atomic E-state index is 11.6. The summed E-state index contributed by atoms with van der Waals surface area (Å²) in [5, 5.41) is 10.8. The number of benzene rings is 1. The standard InChI is InChI=1S/C19H24N4O2/c1-20-19(24)16-9-10-18(22-21-16)23-11-5-6-14(13-23)12-15-7-3-4-8-17(15)25-2/h3-4,7-10,14H,5-6,11-13H2,1-2H3,(H,20,24)/t14-/m0/s1. The lowest BCUT2D eigenvalue weighted by Crippen LogP contribution is -2.37. The Morgan fingerprint density at radius 3 is 2.84 bits per heavy atom. The Hall–Kier alpha value is -2.63. The molecule has 2 heterocycles. The molecule has 1 aromatic heterocycles. The number of anilines is 1. The van der Waals surface area contributed by atoms with Crippen LogP contribution in [0.5, 0.6) is 5.75 Å². The molecule has 0 bridgehead atoms. The fraction of sp³-hybridized carbons (Fsp3) is 0.421. The molecule has 3 rings (SSSR count). The van der Waals surface area contributed by atoms with Crippen LogP contribution < -0.4 is 15.0 Å². The van der Waals surface area contributed by atoms with Crippen molar-refractivity contribution in [2.75, 3.05) is 32.1 Å². The van der Waals surface area contributed by atoms with Crippen molar-refractivity contribution >= 4 is 11.7 Å². The molecule has 0 radical (unpaired) electrons. The summed E-state index contributed by atoms with van der Waals surface area (Å²) in [6.45, 7) is 1.91. The van der Waals surface area contributed by atoms with Crippen LogP contribution >= 0.6 is 0 Å². The number of ether oxygens (including phenoxy) is 1. The van der Waals surface area contributed by atoms with Gasteiger partial charge in [-0.2, -0.15) is 0 Å². The fourth-order valence-corrected chi connectivity index (χ4v) is 3.37. The predicted octanol–water partition coefficient (Wildman–Crippen LogP) is 2.30. The van der Waals surface area contributed by atoms with Crippen LogP contribution in [-0.4, -0.2) is 43.4 Å². The van der Waals surface area contributed by atoms with Crippen molar-refractivity contribution in [2.24, 2.45) is 5.92 Å². The molecule has 1 aliphatic rings. The maximum Gasteiger partial charge on any atom is 0.271 e. The summed E-state index contributed by atoms with van der Waals surface area (Å²) in [7, 11) is 3.31. The number of nitrogens with one attached hydrogen (secondary N) is 1. The van der Waals surface area contributed by atoms with Crippen LogP contribution in [0.2, 0.25) is 0 Å². The van der Waals surface area contributed by atoms with Gasteiger partial charge in [0, 0.05) is 20.1 Å². The number of amides is 1. The molecular formula is C19H24N4O2. The van der Waals surface area contributed by atoms with Gasteiger partial charge in [-0.1, -0.05) is 18.2 Å². The van der Waals surface area contributed by atoms with Gasteiger partial charge in [0.25, 0.3) is 5.91 Å². The molecule has 0 unspecified atom stereocenters. The van der Waals surface area contributed by atoms with Crippen LogP contribution in [-0.2, 0) is 6.42 Å². The third kappa shape index (κ3) is 4.07. The van der Waals surface area contributed by atoms with Crippen LogP contribution in [0.15, 0.2) is 36.4 Å². The van der Waals surface area contributed by atoms with Crippen molar-refractivity contribution in [3.05, 3.63) is 47.7 Å². The van der Waals surface area contributed by atoms with E-state index >= 15 is 0 Å². The summed E-state index contributed by atoms with van der Waals surface area (Å²) in [5.41, 5.74) is 1.59. The molecule has 6 nitrogen and oxygen atoms in total. The Kier molecular flexibility index (Phi) is 5.48. The Morgan fingerprint density at radius 1 is 1.28 bits per heavy atom. The Balaban J connectivity index is 1.67. The molecule has 1 N–H and O–H groups in total. The minimum Gasteiger partial charge on any atom is -0.496 e. The van der Waals surface area contributed by atoms with E-state index in [2.05, 4.69) is 32.5 Å². The van der Waals surface area contributed by atoms with E-state index in [0.29, 0.717) is 11.6 Å². The number of rotatable bonds is 5. The summed E-state index contributed by atoms with van der Waals surface area (Å²) in [6, 6.07) is 11.8. The van der Waals surface area contributed by atoms with Crippen molar-refractivity contribution in [1.29, 1.82) is 0 Å². The molecule has 0 spiro atoms. The molecule has 1 amide bonds. The minimum atomic E-state index is -0.216. The molecule has 1 atom stereocenters. The highest BCUT2D eigenvalue weighted by Crippen LogP contribution is 2.27. The van der Waals surface area contributed by atoms with Gasteiger partial charge in [0.15, 0.2) is 11.5 Å². The van der Waals surface area contributed by atoms with E-state index < -0.39 is 0 Å². The molecule has 25 heavy (non-hydrogen) atoms. The molecule has 1 aromatic carbocycles. The maximum atomic E-state index is 11.6. The van der Waals surface area contributed by atoms with E-state index in [1.165, 1.54) is 12.0 Å². The number of methoxy groups -OCH3 is 1. The lowest BCUT2D eigenvalue weighted by Gasteiger charge is -2.33. The van der Waals surface area contributed by atoms with E-state index in [-0.39, 0.29) is 5.91 Å². The van der Waals surface area contributed by atoms with Gasteiger partial charge in [0.1, 0.15) is 5.75 Å². The van der Waals surface area contributed by atoms with Gasteiger partial charge in [-0.25, -0.2) is 0 Å². The van der Waals surface area contributed by atoms with Gasteiger partial charge < -0.3 is 15.0 Å². The highest BCUT2D eigenvalue weighted by Gasteiger charge is 2.22. The smallest absolute Gasteiger partial charge is 0.271 e. The molecule has 1 fully saturated rings. The van der Waals surface area contributed by atoms with Crippen LogP contribution in [0.3, 0.4) is 0 Å². The van der Waals surface area contributed by atoms with Crippen molar-refractivity contribution in [1.82, 2.24) is 15.5 Å². The summed E-state index contributed by atoms with van der Waals surface area (Å²) < 4.78 is 5.47. The van der Waals surface area contributed by atoms with Crippen molar-refractivity contribution in [3.63, 3.8) is 0 Å². The van der Waals surface area contributed by atoms with Crippen LogP contribution in [0.4, 0.5) is 5.82 Å². The lowest BCUT2D eigenvalue weighted by molar-refractivity contribution is 0.0957. The summed E-state index contributed by atoms with van der Waals surface area (Å²) in [4.78, 5) is 13.8. The number of carbonyl (C=O) groups is 1. The predicted molar refractivity (Wildman–Crippen MR) is 97.1 cm³/mol. The number of hydrogen-bond acceptors (Lipinski definition) is 5. The van der Waals surface area contributed by atoms with Gasteiger partial charge in [0.2, 0.25) is 0 Å². The number of hydrogen-bond donors (Lipinski definition) is 1. The van der Waals surface area contributed by atoms with Gasteiger partial charge in [0.05, 0.1) is 7.11 Å². The zero-order chi connectivity index (χ0) is 17.6. The number of aromatic nitrogens is 2. The molecule has 132 valence electrons. The normalized spacial score (nSPS) is 17.2. The first kappa shape index (κ1) is 17.2. The summed E-state index contributed by atoms with van der Waals surface area (Å²) in [5.74, 6) is 2.11. The average molecular weight is 340 g/mol. The van der Waals surface area contributed by atoms with Gasteiger partial charge in [-0.05, 0) is 48.9 Å². The lowest BCUT2D eigenvalue weighted by atomic mass is 9.91. The third-order valence-corrected chi connectivity index (χ3v) is 4.65. The molecule has 0 aliphatic carbocycles. The van der Waals surface area contributed by atoms with Crippen LogP contribution in [0.1, 0.15) is 28.9 Å². The molecular weight excluding hydrogens is 316 g/mol. The quantitative estimate of drug-likeness (QED) is 0.905. The first-order valence-electron chi connectivity index (χ1n) is 8.64. The molecule has 1 aliphatic heterocycles. The number of carbonyl (C=O) groups excluding carboxylic acids is 1. The second-order valence-electron chi connectivity index (χ2n) is 6.33. The van der Waals surface area contributed by atoms with E-state index in [1.54, 1.807) is 20.2 Å². The zero-order valence-corrected chi connectivity index (χ0v) is 14.7. The van der Waals surface area contributed by atoms with Gasteiger partial charge in [-0.15, -0.1) is 10.2 Å². The first-order valence-corrected chi connectivity index (χ1v) is 8.64. The molecule has 2 aromatic rings. The minimum absolute atomic E-state index is 0.216. The van der Waals surface area contributed by atoms with Crippen LogP contribution in [0, 0.1) is 5.92 Å². The van der Waals surface area contributed by atoms with Crippen molar-refractivity contribution < 1.29 is 9.53 Å². The van der Waals surface area contributed by atoms with Crippen molar-refractivity contribution in [3.8, 4) is 5.75 Å². The highest BCUT2D eigenvalue weighted by atomic mass is 16.5. The van der Waals surface area contributed by atoms with Gasteiger partial charge in [-0.3, -0.25) is 4.79 Å². The topological polar surface area (TPSA) is 67.4 Å². The monoisotopic (exact) mass is 340 g/mol. The fourth-order valence-electron chi connectivity index (χ4n) is 3.37. The van der Waals surface area contributed by atoms with E-state index in [4.69, 9.17) is 4.74 Å². The number of nitrogens with zero attached hydrogens (tertiary/aromatic N) is 3. The Labute approximate surface area is 148 Å². The highest BCUT2D eigenvalue weighted by molar-refractivity contribution is 5.91. The van der Waals surface area contributed by atoms with Gasteiger partial charge >= 0.3 is 0 Å².